The first-order valence-electron chi connectivity index (χ1n) is 5.69. The van der Waals surface area contributed by atoms with E-state index in [1.807, 2.05) is 0 Å². The fourth-order valence-corrected chi connectivity index (χ4v) is 1.61. The summed E-state index contributed by atoms with van der Waals surface area (Å²) in [5.74, 6) is 0.171. The Labute approximate surface area is 102 Å². The Kier molecular flexibility index (Phi) is 4.57. The maximum atomic E-state index is 12.0. The molecule has 0 fully saturated rings. The van der Waals surface area contributed by atoms with Crippen LogP contribution < -0.4 is 11.1 Å². The van der Waals surface area contributed by atoms with E-state index in [1.54, 1.807) is 6.20 Å². The highest BCUT2D eigenvalue weighted by Crippen LogP contribution is 2.24. The fraction of sp³-hybridized carbons (Fsp3) is 0.583. The van der Waals surface area contributed by atoms with Crippen LogP contribution in [0, 0.1) is 11.3 Å². The molecule has 0 bridgehead atoms. The monoisotopic (exact) mass is 236 g/mol. The van der Waals surface area contributed by atoms with Crippen LogP contribution in [0.2, 0.25) is 0 Å². The molecule has 1 amide bonds. The molecule has 17 heavy (non-hydrogen) atoms. The summed E-state index contributed by atoms with van der Waals surface area (Å²) in [5, 5.41) is 2.72. The summed E-state index contributed by atoms with van der Waals surface area (Å²) in [6.45, 7) is 6.60. The first-order valence-corrected chi connectivity index (χ1v) is 5.69. The summed E-state index contributed by atoms with van der Waals surface area (Å²) in [5.41, 5.74) is 5.71. The van der Waals surface area contributed by atoms with Gasteiger partial charge in [0.25, 0.3) is 0 Å². The molecule has 0 aliphatic heterocycles. The van der Waals surface area contributed by atoms with E-state index < -0.39 is 0 Å². The predicted octanol–water partition coefficient (Wildman–Crippen LogP) is 1.43. The van der Waals surface area contributed by atoms with Gasteiger partial charge in [0, 0.05) is 18.9 Å². The molecule has 0 radical (unpaired) electrons. The Morgan fingerprint density at radius 1 is 1.47 bits per heavy atom. The van der Waals surface area contributed by atoms with Crippen LogP contribution in [0.4, 0.5) is 5.82 Å². The molecule has 0 saturated heterocycles. The topological polar surface area (TPSA) is 80.9 Å². The van der Waals surface area contributed by atoms with Gasteiger partial charge in [-0.1, -0.05) is 20.8 Å². The molecule has 1 aromatic heterocycles. The summed E-state index contributed by atoms with van der Waals surface area (Å²) >= 11 is 0. The van der Waals surface area contributed by atoms with Gasteiger partial charge in [-0.3, -0.25) is 9.78 Å². The van der Waals surface area contributed by atoms with Crippen molar-refractivity contribution in [2.45, 2.75) is 27.2 Å². The number of carbonyl (C=O) groups is 1. The van der Waals surface area contributed by atoms with Gasteiger partial charge in [0.2, 0.25) is 5.91 Å². The number of hydrogen-bond acceptors (Lipinski definition) is 4. The summed E-state index contributed by atoms with van der Waals surface area (Å²) in [6, 6.07) is 0. The molecular weight excluding hydrogens is 216 g/mol. The van der Waals surface area contributed by atoms with Gasteiger partial charge >= 0.3 is 0 Å². The van der Waals surface area contributed by atoms with Crippen molar-refractivity contribution < 1.29 is 4.79 Å². The van der Waals surface area contributed by atoms with Gasteiger partial charge in [0.05, 0.1) is 12.1 Å². The van der Waals surface area contributed by atoms with Crippen LogP contribution in [0.25, 0.3) is 0 Å². The lowest BCUT2D eigenvalue weighted by atomic mass is 9.84. The minimum Gasteiger partial charge on any atom is -0.330 e. The smallest absolute Gasteiger partial charge is 0.229 e. The van der Waals surface area contributed by atoms with E-state index in [4.69, 9.17) is 5.73 Å². The summed E-state index contributed by atoms with van der Waals surface area (Å²) in [4.78, 5) is 19.8. The highest BCUT2D eigenvalue weighted by Gasteiger charge is 2.23. The predicted molar refractivity (Wildman–Crippen MR) is 67.3 cm³/mol. The number of aromatic nitrogens is 2. The van der Waals surface area contributed by atoms with Gasteiger partial charge < -0.3 is 11.1 Å². The lowest BCUT2D eigenvalue weighted by molar-refractivity contribution is -0.120. The highest BCUT2D eigenvalue weighted by molar-refractivity contribution is 5.91. The molecule has 1 unspecified atom stereocenters. The summed E-state index contributed by atoms with van der Waals surface area (Å²) in [6.07, 6.45) is 5.36. The third kappa shape index (κ3) is 4.91. The number of rotatable bonds is 4. The second-order valence-electron chi connectivity index (χ2n) is 5.28. The van der Waals surface area contributed by atoms with Crippen LogP contribution in [0.15, 0.2) is 18.6 Å². The fourth-order valence-electron chi connectivity index (χ4n) is 1.61. The second kappa shape index (κ2) is 5.72. The van der Waals surface area contributed by atoms with Gasteiger partial charge in [-0.2, -0.15) is 0 Å². The first-order chi connectivity index (χ1) is 7.92. The molecule has 0 aliphatic carbocycles. The second-order valence-corrected chi connectivity index (χ2v) is 5.28. The molecule has 1 aromatic rings. The van der Waals surface area contributed by atoms with Gasteiger partial charge in [0.15, 0.2) is 5.82 Å². The third-order valence-electron chi connectivity index (χ3n) is 2.33. The molecule has 5 heteroatoms. The third-order valence-corrected chi connectivity index (χ3v) is 2.33. The molecule has 0 aliphatic rings. The normalized spacial score (nSPS) is 13.2. The Hall–Kier alpha value is -1.49. The quantitative estimate of drug-likeness (QED) is 0.828. The molecule has 0 saturated carbocycles. The van der Waals surface area contributed by atoms with Gasteiger partial charge in [-0.15, -0.1) is 0 Å². The largest absolute Gasteiger partial charge is 0.330 e. The Bertz CT molecular complexity index is 359. The Morgan fingerprint density at radius 2 is 2.18 bits per heavy atom. The van der Waals surface area contributed by atoms with Crippen LogP contribution >= 0.6 is 0 Å². The molecule has 1 rings (SSSR count). The standard InChI is InChI=1S/C12H20N4O/c1-12(2,3)6-9(7-13)11(17)16-10-8-14-4-5-15-10/h4-5,8-9H,6-7,13H2,1-3H3,(H,15,16,17). The van der Waals surface area contributed by atoms with Gasteiger partial charge in [0.1, 0.15) is 0 Å². The molecular formula is C12H20N4O. The van der Waals surface area contributed by atoms with E-state index in [0.717, 1.165) is 6.42 Å². The maximum absolute atomic E-state index is 12.0. The van der Waals surface area contributed by atoms with Crippen LogP contribution in [0.1, 0.15) is 27.2 Å². The minimum absolute atomic E-state index is 0.0732. The van der Waals surface area contributed by atoms with Crippen molar-refractivity contribution in [2.24, 2.45) is 17.1 Å². The molecule has 1 atom stereocenters. The van der Waals surface area contributed by atoms with Crippen molar-refractivity contribution in [1.29, 1.82) is 0 Å². The van der Waals surface area contributed by atoms with E-state index in [1.165, 1.54) is 12.4 Å². The van der Waals surface area contributed by atoms with Crippen molar-refractivity contribution in [3.63, 3.8) is 0 Å². The number of anilines is 1. The maximum Gasteiger partial charge on any atom is 0.229 e. The molecule has 0 spiro atoms. The number of nitrogens with one attached hydrogen (secondary N) is 1. The zero-order valence-electron chi connectivity index (χ0n) is 10.6. The lowest BCUT2D eigenvalue weighted by Gasteiger charge is -2.24. The number of hydrogen-bond donors (Lipinski definition) is 2. The Balaban J connectivity index is 2.62. The van der Waals surface area contributed by atoms with Crippen molar-refractivity contribution in [3.05, 3.63) is 18.6 Å². The van der Waals surface area contributed by atoms with Crippen molar-refractivity contribution in [3.8, 4) is 0 Å². The van der Waals surface area contributed by atoms with Crippen LogP contribution in [0.5, 0.6) is 0 Å². The van der Waals surface area contributed by atoms with Crippen LogP contribution in [0.3, 0.4) is 0 Å². The Morgan fingerprint density at radius 3 is 2.65 bits per heavy atom. The van der Waals surface area contributed by atoms with E-state index in [0.29, 0.717) is 12.4 Å². The number of carbonyl (C=O) groups excluding carboxylic acids is 1. The van der Waals surface area contributed by atoms with Crippen molar-refractivity contribution >= 4 is 11.7 Å². The zero-order chi connectivity index (χ0) is 12.9. The van der Waals surface area contributed by atoms with Crippen molar-refractivity contribution in [2.75, 3.05) is 11.9 Å². The number of nitrogens with zero attached hydrogens (tertiary/aromatic N) is 2. The molecule has 3 N–H and O–H groups in total. The summed E-state index contributed by atoms with van der Waals surface area (Å²) in [7, 11) is 0. The zero-order valence-corrected chi connectivity index (χ0v) is 10.6. The summed E-state index contributed by atoms with van der Waals surface area (Å²) < 4.78 is 0. The molecule has 94 valence electrons. The van der Waals surface area contributed by atoms with E-state index >= 15 is 0 Å². The van der Waals surface area contributed by atoms with Gasteiger partial charge in [-0.05, 0) is 11.8 Å². The van der Waals surface area contributed by atoms with E-state index in [2.05, 4.69) is 36.1 Å². The average molecular weight is 236 g/mol. The average Bonchev–Trinajstić information content (AvgIpc) is 2.26. The van der Waals surface area contributed by atoms with E-state index in [-0.39, 0.29) is 17.2 Å². The van der Waals surface area contributed by atoms with Crippen LogP contribution in [-0.2, 0) is 4.79 Å². The minimum atomic E-state index is -0.197. The van der Waals surface area contributed by atoms with E-state index in [9.17, 15) is 4.79 Å². The first kappa shape index (κ1) is 13.6. The molecule has 1 heterocycles. The highest BCUT2D eigenvalue weighted by atomic mass is 16.1. The van der Waals surface area contributed by atoms with Gasteiger partial charge in [-0.25, -0.2) is 4.98 Å². The SMILES string of the molecule is CC(C)(C)CC(CN)C(=O)Nc1cnccn1. The molecule has 0 aromatic carbocycles. The molecule has 5 nitrogen and oxygen atoms in total. The number of amides is 1. The lowest BCUT2D eigenvalue weighted by Crippen LogP contribution is -2.32. The number of nitrogens with two attached hydrogens (primary N) is 1. The van der Waals surface area contributed by atoms with Crippen LogP contribution in [-0.4, -0.2) is 22.4 Å². The van der Waals surface area contributed by atoms with Crippen molar-refractivity contribution in [1.82, 2.24) is 9.97 Å².